The lowest BCUT2D eigenvalue weighted by atomic mass is 9.84. The first-order valence-electron chi connectivity index (χ1n) is 10.8. The summed E-state index contributed by atoms with van der Waals surface area (Å²) in [6.07, 6.45) is 3.13. The molecule has 1 amide bonds. The van der Waals surface area contributed by atoms with Gasteiger partial charge in [0.05, 0.1) is 7.11 Å². The molecular weight excluding hydrogens is 392 g/mol. The number of esters is 1. The van der Waals surface area contributed by atoms with Crippen LogP contribution in [0.15, 0.2) is 60.7 Å². The van der Waals surface area contributed by atoms with Gasteiger partial charge in [-0.05, 0) is 49.9 Å². The molecular formula is C25H32N2O4. The molecule has 31 heavy (non-hydrogen) atoms. The molecule has 1 aliphatic rings. The molecule has 1 aliphatic heterocycles. The van der Waals surface area contributed by atoms with Crippen molar-refractivity contribution in [1.82, 2.24) is 4.90 Å². The van der Waals surface area contributed by atoms with E-state index >= 15 is 0 Å². The van der Waals surface area contributed by atoms with Crippen LogP contribution in [0.2, 0.25) is 0 Å². The predicted octanol–water partition coefficient (Wildman–Crippen LogP) is 3.31. The number of aryl methyl sites for hydroxylation is 1. The Morgan fingerprint density at radius 1 is 0.968 bits per heavy atom. The summed E-state index contributed by atoms with van der Waals surface area (Å²) in [5, 5.41) is 0. The molecule has 0 spiro atoms. The summed E-state index contributed by atoms with van der Waals surface area (Å²) in [6.45, 7) is 2.33. The smallest absolute Gasteiger partial charge is 0.332 e. The standard InChI is InChI=1S/C25H32N2O4/c1-30-20-23(28)27(22-13-7-4-8-14-22)25(24(29)31-2)15-18-26(19-16-25)17-9-12-21-10-5-3-6-11-21/h3-8,10-11,13-14H,9,12,15-20H2,1-2H3. The number of piperidine rings is 1. The number of nitrogens with zero attached hydrogens (tertiary/aromatic N) is 2. The molecule has 2 aromatic rings. The molecule has 0 bridgehead atoms. The van der Waals surface area contributed by atoms with Crippen molar-refractivity contribution in [3.8, 4) is 0 Å². The molecule has 2 aromatic carbocycles. The molecule has 166 valence electrons. The second kappa shape index (κ2) is 11.1. The van der Waals surface area contributed by atoms with E-state index in [1.165, 1.54) is 19.8 Å². The number of carbonyl (C=O) groups excluding carboxylic acids is 2. The van der Waals surface area contributed by atoms with E-state index in [4.69, 9.17) is 9.47 Å². The Kier molecular flexibility index (Phi) is 8.20. The highest BCUT2D eigenvalue weighted by Crippen LogP contribution is 2.35. The van der Waals surface area contributed by atoms with Crippen molar-refractivity contribution in [2.75, 3.05) is 45.4 Å². The van der Waals surface area contributed by atoms with Crippen molar-refractivity contribution in [2.45, 2.75) is 31.2 Å². The maximum absolute atomic E-state index is 13.1. The maximum Gasteiger partial charge on any atom is 0.332 e. The first-order valence-corrected chi connectivity index (χ1v) is 10.8. The summed E-state index contributed by atoms with van der Waals surface area (Å²) in [5.74, 6) is -0.610. The van der Waals surface area contributed by atoms with Crippen LogP contribution in [-0.2, 0) is 25.5 Å². The van der Waals surface area contributed by atoms with E-state index in [2.05, 4.69) is 29.2 Å². The van der Waals surface area contributed by atoms with Crippen LogP contribution in [0.25, 0.3) is 0 Å². The van der Waals surface area contributed by atoms with Gasteiger partial charge in [-0.25, -0.2) is 4.79 Å². The Hall–Kier alpha value is -2.70. The van der Waals surface area contributed by atoms with Crippen LogP contribution in [0.3, 0.4) is 0 Å². The van der Waals surface area contributed by atoms with Gasteiger partial charge in [-0.1, -0.05) is 48.5 Å². The van der Waals surface area contributed by atoms with Crippen molar-refractivity contribution in [3.63, 3.8) is 0 Å². The third-order valence-corrected chi connectivity index (χ3v) is 5.99. The minimum Gasteiger partial charge on any atom is -0.467 e. The van der Waals surface area contributed by atoms with Crippen LogP contribution >= 0.6 is 0 Å². The molecule has 1 heterocycles. The number of methoxy groups -OCH3 is 2. The second-order valence-corrected chi connectivity index (χ2v) is 7.95. The Balaban J connectivity index is 1.73. The van der Waals surface area contributed by atoms with Gasteiger partial charge in [-0.15, -0.1) is 0 Å². The zero-order valence-corrected chi connectivity index (χ0v) is 18.5. The normalized spacial score (nSPS) is 15.9. The highest BCUT2D eigenvalue weighted by atomic mass is 16.5. The molecule has 0 N–H and O–H groups in total. The van der Waals surface area contributed by atoms with Gasteiger partial charge < -0.3 is 14.4 Å². The molecule has 0 unspecified atom stereocenters. The number of hydrogen-bond donors (Lipinski definition) is 0. The molecule has 6 heteroatoms. The molecule has 1 saturated heterocycles. The first kappa shape index (κ1) is 23.0. The van der Waals surface area contributed by atoms with E-state index in [-0.39, 0.29) is 18.5 Å². The maximum atomic E-state index is 13.1. The number of amides is 1. The van der Waals surface area contributed by atoms with Crippen LogP contribution in [0.4, 0.5) is 5.69 Å². The lowest BCUT2D eigenvalue weighted by Crippen LogP contribution is -2.63. The molecule has 0 atom stereocenters. The van der Waals surface area contributed by atoms with Gasteiger partial charge in [-0.2, -0.15) is 0 Å². The fourth-order valence-corrected chi connectivity index (χ4v) is 4.40. The van der Waals surface area contributed by atoms with Crippen molar-refractivity contribution in [2.24, 2.45) is 0 Å². The van der Waals surface area contributed by atoms with Gasteiger partial charge in [0.1, 0.15) is 12.1 Å². The first-order chi connectivity index (χ1) is 15.1. The minimum absolute atomic E-state index is 0.0889. The quantitative estimate of drug-likeness (QED) is 0.578. The number of benzene rings is 2. The predicted molar refractivity (Wildman–Crippen MR) is 121 cm³/mol. The van der Waals surface area contributed by atoms with Gasteiger partial charge >= 0.3 is 5.97 Å². The average Bonchev–Trinajstić information content (AvgIpc) is 2.81. The van der Waals surface area contributed by atoms with Crippen LogP contribution in [0, 0.1) is 0 Å². The number of likely N-dealkylation sites (tertiary alicyclic amines) is 1. The molecule has 0 saturated carbocycles. The monoisotopic (exact) mass is 424 g/mol. The number of ether oxygens (including phenoxy) is 2. The van der Waals surface area contributed by atoms with Gasteiger partial charge in [0, 0.05) is 25.9 Å². The number of para-hydroxylation sites is 1. The lowest BCUT2D eigenvalue weighted by Gasteiger charge is -2.46. The van der Waals surface area contributed by atoms with Crippen LogP contribution in [-0.4, -0.2) is 62.8 Å². The van der Waals surface area contributed by atoms with E-state index < -0.39 is 5.54 Å². The summed E-state index contributed by atoms with van der Waals surface area (Å²) in [6, 6.07) is 19.8. The number of hydrogen-bond acceptors (Lipinski definition) is 5. The van der Waals surface area contributed by atoms with E-state index in [0.29, 0.717) is 18.5 Å². The van der Waals surface area contributed by atoms with Crippen molar-refractivity contribution >= 4 is 17.6 Å². The highest BCUT2D eigenvalue weighted by Gasteiger charge is 2.50. The highest BCUT2D eigenvalue weighted by molar-refractivity contribution is 6.02. The van der Waals surface area contributed by atoms with Gasteiger partial charge in [0.25, 0.3) is 5.91 Å². The van der Waals surface area contributed by atoms with Crippen LogP contribution < -0.4 is 4.90 Å². The summed E-state index contributed by atoms with van der Waals surface area (Å²) in [7, 11) is 2.88. The summed E-state index contributed by atoms with van der Waals surface area (Å²) < 4.78 is 10.3. The Morgan fingerprint density at radius 2 is 1.58 bits per heavy atom. The molecule has 0 aliphatic carbocycles. The second-order valence-electron chi connectivity index (χ2n) is 7.95. The number of anilines is 1. The third kappa shape index (κ3) is 5.51. The fraction of sp³-hybridized carbons (Fsp3) is 0.440. The van der Waals surface area contributed by atoms with E-state index in [9.17, 15) is 9.59 Å². The van der Waals surface area contributed by atoms with Crippen LogP contribution in [0.1, 0.15) is 24.8 Å². The number of rotatable bonds is 9. The summed E-state index contributed by atoms with van der Waals surface area (Å²) in [5.41, 5.74) is 0.998. The third-order valence-electron chi connectivity index (χ3n) is 5.99. The Labute approximate surface area is 184 Å². The molecule has 1 fully saturated rings. The SMILES string of the molecule is COCC(=O)N(c1ccccc1)C1(C(=O)OC)CCN(CCCc2ccccc2)CC1. The Bertz CT molecular complexity index is 833. The average molecular weight is 425 g/mol. The van der Waals surface area contributed by atoms with Gasteiger partial charge in [-0.3, -0.25) is 9.69 Å². The molecule has 3 rings (SSSR count). The van der Waals surface area contributed by atoms with E-state index in [0.717, 1.165) is 32.5 Å². The van der Waals surface area contributed by atoms with E-state index in [1.807, 2.05) is 36.4 Å². The number of carbonyl (C=O) groups is 2. The van der Waals surface area contributed by atoms with Crippen molar-refractivity contribution < 1.29 is 19.1 Å². The summed E-state index contributed by atoms with van der Waals surface area (Å²) >= 11 is 0. The fourth-order valence-electron chi connectivity index (χ4n) is 4.40. The topological polar surface area (TPSA) is 59.1 Å². The van der Waals surface area contributed by atoms with E-state index in [1.54, 1.807) is 4.90 Å². The molecule has 0 radical (unpaired) electrons. The van der Waals surface area contributed by atoms with Gasteiger partial charge in [0.2, 0.25) is 0 Å². The van der Waals surface area contributed by atoms with Crippen molar-refractivity contribution in [1.29, 1.82) is 0 Å². The minimum atomic E-state index is -1.03. The summed E-state index contributed by atoms with van der Waals surface area (Å²) in [4.78, 5) is 30.1. The zero-order valence-electron chi connectivity index (χ0n) is 18.5. The van der Waals surface area contributed by atoms with Crippen molar-refractivity contribution in [3.05, 3.63) is 66.2 Å². The molecule has 0 aromatic heterocycles. The lowest BCUT2D eigenvalue weighted by molar-refractivity contribution is -0.151. The van der Waals surface area contributed by atoms with Gasteiger partial charge in [0.15, 0.2) is 0 Å². The van der Waals surface area contributed by atoms with Crippen LogP contribution in [0.5, 0.6) is 0 Å². The molecule has 6 nitrogen and oxygen atoms in total. The largest absolute Gasteiger partial charge is 0.467 e. The Morgan fingerprint density at radius 3 is 2.16 bits per heavy atom. The zero-order chi connectivity index (χ0) is 22.1.